The topological polar surface area (TPSA) is 68.3 Å². The van der Waals surface area contributed by atoms with Crippen LogP contribution < -0.4 is 5.32 Å². The average Bonchev–Trinajstić information content (AvgIpc) is 2.86. The molecule has 1 aromatic heterocycles. The summed E-state index contributed by atoms with van der Waals surface area (Å²) in [7, 11) is 0. The molecule has 5 nitrogen and oxygen atoms in total. The van der Waals surface area contributed by atoms with Gasteiger partial charge in [0.05, 0.1) is 0 Å². The first-order valence-electron chi connectivity index (χ1n) is 7.21. The number of benzene rings is 1. The predicted octanol–water partition coefficient (Wildman–Crippen LogP) is 4.12. The number of nitrogens with one attached hydrogen (secondary N) is 1. The molecule has 0 atom stereocenters. The maximum atomic E-state index is 11.9. The molecule has 0 bridgehead atoms. The van der Waals surface area contributed by atoms with Gasteiger partial charge in [-0.3, -0.25) is 4.79 Å². The van der Waals surface area contributed by atoms with E-state index in [4.69, 9.17) is 4.42 Å². The lowest BCUT2D eigenvalue weighted by atomic mass is 10.1. The number of furan rings is 1. The quantitative estimate of drug-likeness (QED) is 0.396. The summed E-state index contributed by atoms with van der Waals surface area (Å²) in [4.78, 5) is 12.0. The lowest BCUT2D eigenvalue weighted by Crippen LogP contribution is -2.29. The molecule has 0 fully saturated rings. The van der Waals surface area contributed by atoms with Crippen molar-refractivity contribution < 1.29 is 14.0 Å². The number of carbonyl (C=O) groups excluding carboxylic acids is 1. The largest absolute Gasteiger partial charge is 0.623 e. The molecule has 122 valence electrons. The SMILES string of the molecule is CC(=O)Nc1ccc(Sc2ccc(C=[N+]([O-])C(C)(C)C)o2)cc1. The number of anilines is 1. The fourth-order valence-corrected chi connectivity index (χ4v) is 2.47. The molecule has 0 unspecified atom stereocenters. The summed E-state index contributed by atoms with van der Waals surface area (Å²) in [5, 5.41) is 15.3. The molecule has 0 aliphatic heterocycles. The van der Waals surface area contributed by atoms with Gasteiger partial charge < -0.3 is 14.9 Å². The van der Waals surface area contributed by atoms with E-state index in [9.17, 15) is 10.0 Å². The highest BCUT2D eigenvalue weighted by Gasteiger charge is 2.19. The lowest BCUT2D eigenvalue weighted by Gasteiger charge is -2.17. The van der Waals surface area contributed by atoms with E-state index in [0.717, 1.165) is 15.3 Å². The van der Waals surface area contributed by atoms with Crippen LogP contribution in [-0.2, 0) is 4.79 Å². The third-order valence-corrected chi connectivity index (χ3v) is 3.83. The fraction of sp³-hybridized carbons (Fsp3) is 0.294. The second-order valence-electron chi connectivity index (χ2n) is 6.09. The highest BCUT2D eigenvalue weighted by Crippen LogP contribution is 2.29. The number of hydrogen-bond acceptors (Lipinski definition) is 4. The van der Waals surface area contributed by atoms with Gasteiger partial charge in [-0.1, -0.05) is 11.8 Å². The third-order valence-electron chi connectivity index (χ3n) is 2.90. The first-order valence-corrected chi connectivity index (χ1v) is 8.02. The molecule has 1 aromatic carbocycles. The van der Waals surface area contributed by atoms with Crippen LogP contribution in [-0.4, -0.2) is 22.4 Å². The van der Waals surface area contributed by atoms with Crippen LogP contribution in [0, 0.1) is 5.21 Å². The summed E-state index contributed by atoms with van der Waals surface area (Å²) in [5.41, 5.74) is 0.252. The van der Waals surface area contributed by atoms with Gasteiger partial charge in [-0.05, 0) is 36.4 Å². The Morgan fingerprint density at radius 1 is 1.22 bits per heavy atom. The Labute approximate surface area is 140 Å². The van der Waals surface area contributed by atoms with E-state index in [1.165, 1.54) is 24.9 Å². The molecule has 2 rings (SSSR count). The predicted molar refractivity (Wildman–Crippen MR) is 92.1 cm³/mol. The Balaban J connectivity index is 2.06. The molecule has 0 spiro atoms. The first-order chi connectivity index (χ1) is 10.7. The maximum absolute atomic E-state index is 11.9. The van der Waals surface area contributed by atoms with Crippen molar-refractivity contribution in [3.63, 3.8) is 0 Å². The second-order valence-corrected chi connectivity index (χ2v) is 7.17. The van der Waals surface area contributed by atoms with Gasteiger partial charge in [-0.15, -0.1) is 0 Å². The van der Waals surface area contributed by atoms with Crippen molar-refractivity contribution in [2.24, 2.45) is 0 Å². The second kappa shape index (κ2) is 6.91. The molecule has 1 N–H and O–H groups in total. The molecule has 0 radical (unpaired) electrons. The number of hydroxylamine groups is 1. The molecule has 2 aromatic rings. The van der Waals surface area contributed by atoms with Crippen molar-refractivity contribution in [3.05, 3.63) is 47.4 Å². The standard InChI is InChI=1S/C17H20N2O3S/c1-12(20)18-13-5-8-15(9-6-13)23-16-10-7-14(22-16)11-19(21)17(2,3)4/h5-11H,1-4H3,(H,18,20). The molecular formula is C17H20N2O3S. The normalized spacial score (nSPS) is 12.3. The van der Waals surface area contributed by atoms with Crippen molar-refractivity contribution in [2.75, 3.05) is 5.32 Å². The lowest BCUT2D eigenvalue weighted by molar-refractivity contribution is -0.530. The first kappa shape index (κ1) is 17.1. The Hall–Kier alpha value is -2.21. The summed E-state index contributed by atoms with van der Waals surface area (Å²) < 4.78 is 6.52. The van der Waals surface area contributed by atoms with Gasteiger partial charge in [0.15, 0.2) is 16.4 Å². The van der Waals surface area contributed by atoms with Gasteiger partial charge in [0.1, 0.15) is 0 Å². The van der Waals surface area contributed by atoms with Crippen molar-refractivity contribution in [2.45, 2.75) is 43.2 Å². The zero-order chi connectivity index (χ0) is 17.0. The van der Waals surface area contributed by atoms with E-state index >= 15 is 0 Å². The van der Waals surface area contributed by atoms with Crippen LogP contribution in [0.3, 0.4) is 0 Å². The summed E-state index contributed by atoms with van der Waals surface area (Å²) >= 11 is 1.45. The van der Waals surface area contributed by atoms with Crippen LogP contribution in [0.25, 0.3) is 0 Å². The van der Waals surface area contributed by atoms with Crippen LogP contribution in [0.4, 0.5) is 5.69 Å². The van der Waals surface area contributed by atoms with E-state index in [0.29, 0.717) is 10.9 Å². The maximum Gasteiger partial charge on any atom is 0.221 e. The summed E-state index contributed by atoms with van der Waals surface area (Å²) in [6, 6.07) is 11.1. The molecule has 1 amide bonds. The highest BCUT2D eigenvalue weighted by molar-refractivity contribution is 7.99. The smallest absolute Gasteiger partial charge is 0.221 e. The molecule has 0 aliphatic rings. The van der Waals surface area contributed by atoms with Gasteiger partial charge in [0.2, 0.25) is 12.1 Å². The zero-order valence-corrected chi connectivity index (χ0v) is 14.4. The Morgan fingerprint density at radius 2 is 1.87 bits per heavy atom. The molecule has 1 heterocycles. The molecule has 6 heteroatoms. The third kappa shape index (κ3) is 5.17. The monoisotopic (exact) mass is 332 g/mol. The van der Waals surface area contributed by atoms with Gasteiger partial charge in [-0.25, -0.2) is 4.74 Å². The fourth-order valence-electron chi connectivity index (χ4n) is 1.69. The minimum absolute atomic E-state index is 0.0994. The minimum Gasteiger partial charge on any atom is -0.623 e. The van der Waals surface area contributed by atoms with Crippen LogP contribution in [0.1, 0.15) is 33.5 Å². The number of amides is 1. The van der Waals surface area contributed by atoms with Crippen LogP contribution in [0.15, 0.2) is 50.8 Å². The zero-order valence-electron chi connectivity index (χ0n) is 13.6. The number of carbonyl (C=O) groups is 1. The van der Waals surface area contributed by atoms with Gasteiger partial charge in [0, 0.05) is 38.3 Å². The van der Waals surface area contributed by atoms with E-state index < -0.39 is 5.54 Å². The molecule has 0 saturated carbocycles. The highest BCUT2D eigenvalue weighted by atomic mass is 32.2. The van der Waals surface area contributed by atoms with E-state index in [-0.39, 0.29) is 5.91 Å². The molecule has 0 saturated heterocycles. The average molecular weight is 332 g/mol. The van der Waals surface area contributed by atoms with Gasteiger partial charge >= 0.3 is 0 Å². The minimum atomic E-state index is -0.500. The van der Waals surface area contributed by atoms with Crippen LogP contribution in [0.2, 0.25) is 0 Å². The van der Waals surface area contributed by atoms with E-state index in [2.05, 4.69) is 5.32 Å². The Kier molecular flexibility index (Phi) is 5.15. The summed E-state index contributed by atoms with van der Waals surface area (Å²) in [5.74, 6) is 0.421. The Morgan fingerprint density at radius 3 is 2.43 bits per heavy atom. The van der Waals surface area contributed by atoms with Crippen molar-refractivity contribution in [3.8, 4) is 0 Å². The molecule has 0 aliphatic carbocycles. The van der Waals surface area contributed by atoms with Crippen molar-refractivity contribution in [1.29, 1.82) is 0 Å². The Bertz CT molecular complexity index is 712. The molecule has 23 heavy (non-hydrogen) atoms. The summed E-state index contributed by atoms with van der Waals surface area (Å²) in [6.45, 7) is 6.99. The van der Waals surface area contributed by atoms with Gasteiger partial charge in [-0.2, -0.15) is 0 Å². The van der Waals surface area contributed by atoms with Crippen molar-refractivity contribution >= 4 is 29.6 Å². The summed E-state index contributed by atoms with van der Waals surface area (Å²) in [6.07, 6.45) is 1.45. The van der Waals surface area contributed by atoms with Crippen LogP contribution in [0.5, 0.6) is 0 Å². The number of hydrogen-bond donors (Lipinski definition) is 1. The van der Waals surface area contributed by atoms with Crippen LogP contribution >= 0.6 is 11.8 Å². The number of nitrogens with zero attached hydrogens (tertiary/aromatic N) is 1. The van der Waals surface area contributed by atoms with Gasteiger partial charge in [0.25, 0.3) is 0 Å². The number of rotatable bonds is 4. The van der Waals surface area contributed by atoms with E-state index in [1.807, 2.05) is 51.1 Å². The van der Waals surface area contributed by atoms with E-state index in [1.54, 1.807) is 6.07 Å². The molecular weight excluding hydrogens is 312 g/mol. The van der Waals surface area contributed by atoms with Crippen molar-refractivity contribution in [1.82, 2.24) is 0 Å².